The molecule has 7 rings (SSSR count). The molecule has 0 aliphatic rings. The molecule has 10 heteroatoms. The van der Waals surface area contributed by atoms with Gasteiger partial charge < -0.3 is 0 Å². The van der Waals surface area contributed by atoms with Crippen molar-refractivity contribution in [1.29, 1.82) is 0 Å². The number of aromatic nitrogens is 7. The van der Waals surface area contributed by atoms with Gasteiger partial charge in [0.15, 0.2) is 0 Å². The zero-order valence-electron chi connectivity index (χ0n) is 43.2. The highest BCUT2D eigenvalue weighted by Crippen LogP contribution is 2.43. The Balaban J connectivity index is 1.60. The Morgan fingerprint density at radius 2 is 0.478 bits per heavy atom. The predicted octanol–water partition coefficient (Wildman–Crippen LogP) is 15.1. The number of hydrogen-bond acceptors (Lipinski definition) is 10. The second-order valence-corrected chi connectivity index (χ2v) is 21.3. The summed E-state index contributed by atoms with van der Waals surface area (Å²) < 4.78 is 0. The number of hydrogen-bond donors (Lipinski definition) is 0. The van der Waals surface area contributed by atoms with Crippen LogP contribution in [0.25, 0.3) is 0 Å². The summed E-state index contributed by atoms with van der Waals surface area (Å²) in [5.41, 5.74) is 7.96. The Kier molecular flexibility index (Phi) is 16.9. The second-order valence-electron chi connectivity index (χ2n) is 21.3. The summed E-state index contributed by atoms with van der Waals surface area (Å²) in [6.07, 6.45) is 16.9. The normalized spacial score (nSPS) is 11.7. The molecule has 0 amide bonds. The maximum absolute atomic E-state index is 5.71. The highest BCUT2D eigenvalue weighted by molar-refractivity contribution is 5.83. The van der Waals surface area contributed by atoms with E-state index in [-0.39, 0.29) is 0 Å². The average Bonchev–Trinajstić information content (AvgIpc) is 3.26. The topological polar surface area (TPSA) is 100.0 Å². The average molecular weight is 923 g/mol. The van der Waals surface area contributed by atoms with Crippen molar-refractivity contribution in [2.45, 2.75) is 122 Å². The molecule has 0 aliphatic heterocycles. The minimum atomic E-state index is 0.451. The molecular weight excluding hydrogens is 849 g/mol. The van der Waals surface area contributed by atoms with E-state index in [4.69, 9.17) is 34.9 Å². The molecule has 7 heterocycles. The van der Waals surface area contributed by atoms with Crippen molar-refractivity contribution in [3.8, 4) is 0 Å². The van der Waals surface area contributed by atoms with Crippen molar-refractivity contribution in [1.82, 2.24) is 34.9 Å². The summed E-state index contributed by atoms with van der Waals surface area (Å²) in [5.74, 6) is 8.36. The van der Waals surface area contributed by atoms with Crippen LogP contribution in [0, 0.1) is 35.5 Å². The summed E-state index contributed by atoms with van der Waals surface area (Å²) >= 11 is 0. The lowest BCUT2D eigenvalue weighted by Crippen LogP contribution is -2.21. The predicted molar refractivity (Wildman–Crippen MR) is 286 cm³/mol. The maximum atomic E-state index is 5.71. The maximum Gasteiger partial charge on any atom is 0.144 e. The molecule has 10 nitrogen and oxygen atoms in total. The van der Waals surface area contributed by atoms with Gasteiger partial charge in [0, 0.05) is 49.3 Å². The summed E-state index contributed by atoms with van der Waals surface area (Å²) in [7, 11) is 0. The molecular formula is C59H74N10. The third-order valence-electron chi connectivity index (χ3n) is 11.6. The second kappa shape index (κ2) is 23.2. The molecule has 0 aliphatic carbocycles. The van der Waals surface area contributed by atoms with Crippen molar-refractivity contribution < 1.29 is 0 Å². The van der Waals surface area contributed by atoms with Crippen molar-refractivity contribution in [2.75, 3.05) is 14.7 Å². The van der Waals surface area contributed by atoms with Crippen molar-refractivity contribution in [2.24, 2.45) is 35.5 Å². The fraction of sp³-hybridized carbons (Fsp3) is 0.407. The summed E-state index contributed by atoms with van der Waals surface area (Å²) in [5, 5.41) is 0. The molecule has 7 aromatic heterocycles. The summed E-state index contributed by atoms with van der Waals surface area (Å²) in [6, 6.07) is 30.1. The smallest absolute Gasteiger partial charge is 0.144 e. The van der Waals surface area contributed by atoms with Gasteiger partial charge in [-0.05, 0) is 180 Å². The Labute approximate surface area is 412 Å². The molecule has 0 N–H and O–H groups in total. The van der Waals surface area contributed by atoms with Gasteiger partial charge in [0.2, 0.25) is 0 Å². The molecule has 69 heavy (non-hydrogen) atoms. The van der Waals surface area contributed by atoms with E-state index < -0.39 is 0 Å². The van der Waals surface area contributed by atoms with Crippen LogP contribution in [0.15, 0.2) is 122 Å². The zero-order valence-corrected chi connectivity index (χ0v) is 43.2. The van der Waals surface area contributed by atoms with Crippen LogP contribution in [-0.4, -0.2) is 34.9 Å². The van der Waals surface area contributed by atoms with E-state index in [0.717, 1.165) is 79.1 Å². The van der Waals surface area contributed by atoms with Crippen LogP contribution in [0.3, 0.4) is 0 Å². The van der Waals surface area contributed by atoms with E-state index in [9.17, 15) is 0 Å². The van der Waals surface area contributed by atoms with Crippen molar-refractivity contribution in [3.63, 3.8) is 0 Å². The van der Waals surface area contributed by atoms with Gasteiger partial charge in [0.1, 0.15) is 46.5 Å². The Hall–Kier alpha value is -6.55. The molecule has 0 spiro atoms. The van der Waals surface area contributed by atoms with Gasteiger partial charge in [-0.25, -0.2) is 34.9 Å². The van der Waals surface area contributed by atoms with Crippen LogP contribution in [-0.2, 0) is 38.5 Å². The summed E-state index contributed by atoms with van der Waals surface area (Å²) in [4.78, 5) is 42.7. The SMILES string of the molecule is CC(C)Cc1ccnc(N(c2cc(N(c3cc(CC(C)C)ccn3)c3cc(CC(C)C)ccn3)nc(N(c3cc(CC(C)C)ccn3)c3cc(CC(C)C)ccn3)c2)c2cc(CC(C)C)ccn2)c1. The molecule has 0 atom stereocenters. The number of pyridine rings is 7. The molecule has 0 saturated heterocycles. The first-order valence-electron chi connectivity index (χ1n) is 25.2. The Morgan fingerprint density at radius 3 is 0.681 bits per heavy atom. The molecule has 0 aromatic carbocycles. The van der Waals surface area contributed by atoms with Crippen LogP contribution < -0.4 is 14.7 Å². The highest BCUT2D eigenvalue weighted by Gasteiger charge is 2.27. The van der Waals surface area contributed by atoms with Gasteiger partial charge in [0.25, 0.3) is 0 Å². The highest BCUT2D eigenvalue weighted by atomic mass is 15.3. The molecule has 0 saturated carbocycles. The van der Waals surface area contributed by atoms with Crippen LogP contribution in [0.4, 0.5) is 52.2 Å². The van der Waals surface area contributed by atoms with E-state index in [2.05, 4.69) is 183 Å². The van der Waals surface area contributed by atoms with Crippen LogP contribution in [0.5, 0.6) is 0 Å². The van der Waals surface area contributed by atoms with Gasteiger partial charge in [-0.2, -0.15) is 0 Å². The molecule has 0 unspecified atom stereocenters. The molecule has 0 radical (unpaired) electrons. The van der Waals surface area contributed by atoms with E-state index in [1.165, 1.54) is 33.4 Å². The minimum Gasteiger partial charge on any atom is -0.279 e. The van der Waals surface area contributed by atoms with Gasteiger partial charge in [-0.1, -0.05) is 83.1 Å². The number of rotatable bonds is 21. The van der Waals surface area contributed by atoms with Gasteiger partial charge in [-0.3, -0.25) is 14.7 Å². The van der Waals surface area contributed by atoms with E-state index in [1.54, 1.807) is 0 Å². The largest absolute Gasteiger partial charge is 0.279 e. The van der Waals surface area contributed by atoms with Gasteiger partial charge >= 0.3 is 0 Å². The quantitative estimate of drug-likeness (QED) is 0.0693. The van der Waals surface area contributed by atoms with Crippen LogP contribution in [0.2, 0.25) is 0 Å². The molecule has 360 valence electrons. The lowest BCUT2D eigenvalue weighted by molar-refractivity contribution is 0.646. The first kappa shape index (κ1) is 50.3. The zero-order chi connectivity index (χ0) is 49.2. The third kappa shape index (κ3) is 13.8. The third-order valence-corrected chi connectivity index (χ3v) is 11.6. The number of nitrogens with zero attached hydrogens (tertiary/aromatic N) is 10. The lowest BCUT2D eigenvalue weighted by atomic mass is 10.0. The fourth-order valence-corrected chi connectivity index (χ4v) is 9.02. The minimum absolute atomic E-state index is 0.451. The first-order chi connectivity index (χ1) is 33.1. The standard InChI is InChI=1S/C59H74N10/c1-39(2)25-45-13-19-60-52(31-45)67(53-32-46(14-20-61-53)26-40(3)4)51-37-58(68(54-33-47(15-21-62-54)27-41(5)6)55-34-48(16-22-63-55)28-42(7)8)66-59(38-51)69(56-35-49(17-23-64-56)29-43(9)10)57-36-50(18-24-65-57)30-44(11)12/h13-24,31-44H,25-30H2,1-12H3. The number of anilines is 9. The summed E-state index contributed by atoms with van der Waals surface area (Å²) in [6.45, 7) is 27.0. The van der Waals surface area contributed by atoms with Crippen LogP contribution >= 0.6 is 0 Å². The monoisotopic (exact) mass is 923 g/mol. The lowest BCUT2D eigenvalue weighted by Gasteiger charge is -2.30. The fourth-order valence-electron chi connectivity index (χ4n) is 9.02. The molecule has 0 bridgehead atoms. The van der Waals surface area contributed by atoms with E-state index in [0.29, 0.717) is 47.1 Å². The molecule has 7 aromatic rings. The Morgan fingerprint density at radius 1 is 0.275 bits per heavy atom. The van der Waals surface area contributed by atoms with Crippen molar-refractivity contribution in [3.05, 3.63) is 155 Å². The van der Waals surface area contributed by atoms with Gasteiger partial charge in [-0.15, -0.1) is 0 Å². The molecule has 0 fully saturated rings. The van der Waals surface area contributed by atoms with Gasteiger partial charge in [0.05, 0.1) is 5.69 Å². The van der Waals surface area contributed by atoms with Crippen molar-refractivity contribution >= 4 is 52.2 Å². The first-order valence-corrected chi connectivity index (χ1v) is 25.2. The van der Waals surface area contributed by atoms with E-state index in [1.807, 2.05) is 37.2 Å². The van der Waals surface area contributed by atoms with Crippen LogP contribution in [0.1, 0.15) is 116 Å². The van der Waals surface area contributed by atoms with E-state index >= 15 is 0 Å². The Bertz CT molecular complexity index is 2290.